The quantitative estimate of drug-likeness (QED) is 0.411. The number of aromatic nitrogens is 5. The SMILES string of the molecule is CN(C)C(=O)c1cc2cnc(Nc3ccc(C(=O)N4CC5CCC(N5)C4C(=O)OC(C)(C)C)nn3)nc2n1C1CCCC1. The molecule has 2 amide bonds. The predicted molar refractivity (Wildman–Crippen MR) is 159 cm³/mol. The van der Waals surface area contributed by atoms with Crippen LogP contribution in [-0.4, -0.2) is 96.7 Å². The van der Waals surface area contributed by atoms with Gasteiger partial charge in [-0.05, 0) is 64.7 Å². The first kappa shape index (κ1) is 29.0. The zero-order chi connectivity index (χ0) is 30.5. The van der Waals surface area contributed by atoms with Crippen molar-refractivity contribution in [3.8, 4) is 0 Å². The number of piperazine rings is 1. The van der Waals surface area contributed by atoms with E-state index in [9.17, 15) is 14.4 Å². The lowest BCUT2D eigenvalue weighted by Gasteiger charge is -2.40. The molecule has 5 heterocycles. The van der Waals surface area contributed by atoms with Gasteiger partial charge in [0.1, 0.15) is 23.0 Å². The van der Waals surface area contributed by atoms with E-state index >= 15 is 0 Å². The number of ether oxygens (including phenoxy) is 1. The van der Waals surface area contributed by atoms with Crippen molar-refractivity contribution in [3.05, 3.63) is 35.8 Å². The summed E-state index contributed by atoms with van der Waals surface area (Å²) < 4.78 is 7.72. The van der Waals surface area contributed by atoms with Gasteiger partial charge in [-0.2, -0.15) is 4.98 Å². The number of rotatable bonds is 6. The molecular formula is C30H39N9O4. The number of fused-ring (bicyclic) bond motifs is 3. The van der Waals surface area contributed by atoms with Crippen LogP contribution in [0.3, 0.4) is 0 Å². The Labute approximate surface area is 250 Å². The Morgan fingerprint density at radius 1 is 1.07 bits per heavy atom. The van der Waals surface area contributed by atoms with Crippen LogP contribution in [0.5, 0.6) is 0 Å². The van der Waals surface area contributed by atoms with Crippen molar-refractivity contribution in [1.29, 1.82) is 0 Å². The summed E-state index contributed by atoms with van der Waals surface area (Å²) in [5.74, 6) is -0.181. The second-order valence-corrected chi connectivity index (χ2v) is 12.9. The van der Waals surface area contributed by atoms with Gasteiger partial charge >= 0.3 is 5.97 Å². The van der Waals surface area contributed by atoms with Crippen LogP contribution in [0.15, 0.2) is 24.4 Å². The van der Waals surface area contributed by atoms with Crippen LogP contribution in [0.2, 0.25) is 0 Å². The van der Waals surface area contributed by atoms with Gasteiger partial charge in [-0.25, -0.2) is 9.78 Å². The van der Waals surface area contributed by atoms with Crippen molar-refractivity contribution >= 4 is 40.6 Å². The van der Waals surface area contributed by atoms with Crippen LogP contribution in [0, 0.1) is 0 Å². The number of nitrogens with zero attached hydrogens (tertiary/aromatic N) is 7. The van der Waals surface area contributed by atoms with Gasteiger partial charge in [0, 0.05) is 50.3 Å². The Kier molecular flexibility index (Phi) is 7.53. The first-order valence-corrected chi connectivity index (χ1v) is 15.0. The lowest BCUT2D eigenvalue weighted by atomic mass is 10.0. The number of nitrogens with one attached hydrogen (secondary N) is 2. The molecule has 1 saturated carbocycles. The number of hydrogen-bond donors (Lipinski definition) is 2. The molecule has 3 aromatic heterocycles. The van der Waals surface area contributed by atoms with Crippen LogP contribution >= 0.6 is 0 Å². The van der Waals surface area contributed by atoms with E-state index in [0.29, 0.717) is 29.7 Å². The van der Waals surface area contributed by atoms with Gasteiger partial charge in [0.25, 0.3) is 11.8 Å². The fraction of sp³-hybridized carbons (Fsp3) is 0.567. The number of anilines is 2. The normalized spacial score (nSPS) is 22.2. The summed E-state index contributed by atoms with van der Waals surface area (Å²) in [6.07, 6.45) is 7.61. The Morgan fingerprint density at radius 3 is 2.51 bits per heavy atom. The van der Waals surface area contributed by atoms with E-state index in [1.807, 2.05) is 31.4 Å². The maximum Gasteiger partial charge on any atom is 0.331 e. The number of likely N-dealkylation sites (tertiary alicyclic amines) is 1. The third-order valence-corrected chi connectivity index (χ3v) is 8.33. The standard InChI is InChI=1S/C30H39N9O4/c1-30(2,3)43-28(42)24-20-11-10-18(32-20)16-38(24)26(40)21-12-13-23(36-35-21)33-29-31-15-17-14-22(27(41)37(4)5)39(25(17)34-29)19-8-6-7-9-19/h12-15,18-20,24,32H,6-11,16H2,1-5H3,(H,31,33,34,36). The summed E-state index contributed by atoms with van der Waals surface area (Å²) in [5.41, 5.74) is 0.767. The summed E-state index contributed by atoms with van der Waals surface area (Å²) in [6.45, 7) is 5.85. The molecule has 0 spiro atoms. The largest absolute Gasteiger partial charge is 0.458 e. The number of carbonyl (C=O) groups is 3. The molecule has 2 N–H and O–H groups in total. The average Bonchev–Trinajstić information content (AvgIpc) is 3.70. The molecule has 13 heteroatoms. The average molecular weight is 590 g/mol. The molecule has 2 bridgehead atoms. The lowest BCUT2D eigenvalue weighted by molar-refractivity contribution is -0.162. The molecule has 3 unspecified atom stereocenters. The highest BCUT2D eigenvalue weighted by Crippen LogP contribution is 2.35. The van der Waals surface area contributed by atoms with E-state index in [4.69, 9.17) is 9.72 Å². The highest BCUT2D eigenvalue weighted by atomic mass is 16.6. The smallest absolute Gasteiger partial charge is 0.331 e. The van der Waals surface area contributed by atoms with Crippen molar-refractivity contribution in [3.63, 3.8) is 0 Å². The fourth-order valence-electron chi connectivity index (χ4n) is 6.44. The Bertz CT molecular complexity index is 1540. The van der Waals surface area contributed by atoms with Gasteiger partial charge in [-0.3, -0.25) is 9.59 Å². The minimum Gasteiger partial charge on any atom is -0.458 e. The summed E-state index contributed by atoms with van der Waals surface area (Å²) >= 11 is 0. The van der Waals surface area contributed by atoms with Crippen LogP contribution in [0.25, 0.3) is 11.0 Å². The Morgan fingerprint density at radius 2 is 1.84 bits per heavy atom. The third kappa shape index (κ3) is 5.77. The van der Waals surface area contributed by atoms with Crippen molar-refractivity contribution < 1.29 is 19.1 Å². The summed E-state index contributed by atoms with van der Waals surface area (Å²) in [4.78, 5) is 52.1. The van der Waals surface area contributed by atoms with Crippen LogP contribution in [-0.2, 0) is 9.53 Å². The highest BCUT2D eigenvalue weighted by Gasteiger charge is 2.47. The lowest BCUT2D eigenvalue weighted by Crippen LogP contribution is -2.63. The molecule has 2 aliphatic heterocycles. The summed E-state index contributed by atoms with van der Waals surface area (Å²) in [6, 6.07) is 4.53. The Balaban J connectivity index is 1.22. The van der Waals surface area contributed by atoms with Gasteiger partial charge in [0.05, 0.1) is 0 Å². The van der Waals surface area contributed by atoms with E-state index < -0.39 is 17.6 Å². The maximum absolute atomic E-state index is 13.6. The molecule has 1 aliphatic carbocycles. The highest BCUT2D eigenvalue weighted by molar-refractivity contribution is 5.98. The van der Waals surface area contributed by atoms with Crippen LogP contribution < -0.4 is 10.6 Å². The minimum atomic E-state index is -0.731. The van der Waals surface area contributed by atoms with E-state index in [-0.39, 0.29) is 35.6 Å². The van der Waals surface area contributed by atoms with Crippen molar-refractivity contribution in [2.45, 2.75) is 89.1 Å². The molecular weight excluding hydrogens is 550 g/mol. The van der Waals surface area contributed by atoms with E-state index in [1.54, 1.807) is 42.2 Å². The second-order valence-electron chi connectivity index (χ2n) is 12.9. The number of hydrogen-bond acceptors (Lipinski definition) is 10. The van der Waals surface area contributed by atoms with Crippen molar-refractivity contribution in [1.82, 2.24) is 39.8 Å². The van der Waals surface area contributed by atoms with Crippen molar-refractivity contribution in [2.75, 3.05) is 26.0 Å². The molecule has 2 saturated heterocycles. The van der Waals surface area contributed by atoms with E-state index in [1.165, 1.54) is 0 Å². The van der Waals surface area contributed by atoms with Gasteiger partial charge in [-0.15, -0.1) is 10.2 Å². The molecule has 3 atom stereocenters. The van der Waals surface area contributed by atoms with Gasteiger partial charge in [0.2, 0.25) is 5.95 Å². The third-order valence-electron chi connectivity index (χ3n) is 8.33. The fourth-order valence-corrected chi connectivity index (χ4v) is 6.44. The molecule has 6 rings (SSSR count). The van der Waals surface area contributed by atoms with Crippen LogP contribution in [0.4, 0.5) is 11.8 Å². The number of carbonyl (C=O) groups excluding carboxylic acids is 3. The second kappa shape index (κ2) is 11.2. The van der Waals surface area contributed by atoms with E-state index in [0.717, 1.165) is 43.9 Å². The van der Waals surface area contributed by atoms with E-state index in [2.05, 4.69) is 25.8 Å². The summed E-state index contributed by atoms with van der Waals surface area (Å²) in [5, 5.41) is 15.7. The molecule has 3 aromatic rings. The zero-order valence-corrected chi connectivity index (χ0v) is 25.3. The maximum atomic E-state index is 13.6. The number of amides is 2. The monoisotopic (exact) mass is 589 g/mol. The first-order chi connectivity index (χ1) is 20.5. The molecule has 0 radical (unpaired) electrons. The Hall–Kier alpha value is -4.13. The predicted octanol–water partition coefficient (Wildman–Crippen LogP) is 3.07. The molecule has 13 nitrogen and oxygen atoms in total. The van der Waals surface area contributed by atoms with Crippen LogP contribution in [0.1, 0.15) is 86.3 Å². The molecule has 0 aromatic carbocycles. The van der Waals surface area contributed by atoms with Gasteiger partial charge in [0.15, 0.2) is 11.5 Å². The summed E-state index contributed by atoms with van der Waals surface area (Å²) in [7, 11) is 3.49. The van der Waals surface area contributed by atoms with Gasteiger partial charge in [-0.1, -0.05) is 12.8 Å². The molecule has 43 heavy (non-hydrogen) atoms. The first-order valence-electron chi connectivity index (χ1n) is 15.0. The molecule has 3 fully saturated rings. The van der Waals surface area contributed by atoms with Crippen molar-refractivity contribution in [2.24, 2.45) is 0 Å². The topological polar surface area (TPSA) is 147 Å². The minimum absolute atomic E-state index is 0.0723. The van der Waals surface area contributed by atoms with Gasteiger partial charge < -0.3 is 29.7 Å². The zero-order valence-electron chi connectivity index (χ0n) is 25.3. The molecule has 3 aliphatic rings. The number of esters is 1. The molecule has 228 valence electrons.